The first-order chi connectivity index (χ1) is 14.9. The maximum Gasteiger partial charge on any atom is 0.262 e. The van der Waals surface area contributed by atoms with E-state index in [2.05, 4.69) is 10.0 Å². The van der Waals surface area contributed by atoms with E-state index in [0.29, 0.717) is 23.4 Å². The van der Waals surface area contributed by atoms with E-state index in [0.717, 1.165) is 4.31 Å². The number of nitrogens with zero attached hydrogens (tertiary/aromatic N) is 1. The van der Waals surface area contributed by atoms with Gasteiger partial charge in [0.15, 0.2) is 6.61 Å². The first-order valence-corrected chi connectivity index (χ1v) is 12.9. The van der Waals surface area contributed by atoms with E-state index in [1.165, 1.54) is 50.5 Å². The van der Waals surface area contributed by atoms with Crippen molar-refractivity contribution in [3.05, 3.63) is 48.0 Å². The number of amides is 1. The van der Waals surface area contributed by atoms with Crippen LogP contribution in [0.25, 0.3) is 0 Å². The molecule has 0 aromatic heterocycles. The number of hydrogen-bond donors (Lipinski definition) is 2. The summed E-state index contributed by atoms with van der Waals surface area (Å²) >= 11 is 0. The lowest BCUT2D eigenvalue weighted by molar-refractivity contribution is -0.118. The van der Waals surface area contributed by atoms with Crippen LogP contribution in [0.1, 0.15) is 25.8 Å². The Bertz CT molecular complexity index is 1160. The van der Waals surface area contributed by atoms with Crippen LogP contribution in [0.2, 0.25) is 0 Å². The van der Waals surface area contributed by atoms with Gasteiger partial charge in [-0.15, -0.1) is 0 Å². The molecule has 0 fully saturated rings. The van der Waals surface area contributed by atoms with Gasteiger partial charge >= 0.3 is 0 Å². The van der Waals surface area contributed by atoms with Crippen LogP contribution in [0.5, 0.6) is 5.75 Å². The zero-order chi connectivity index (χ0) is 24.1. The summed E-state index contributed by atoms with van der Waals surface area (Å²) in [5, 5.41) is 2.64. The molecule has 0 unspecified atom stereocenters. The number of carbonyl (C=O) groups excluding carboxylic acids is 1. The highest BCUT2D eigenvalue weighted by Gasteiger charge is 2.19. The zero-order valence-corrected chi connectivity index (χ0v) is 20.4. The van der Waals surface area contributed by atoms with E-state index in [1.54, 1.807) is 19.9 Å². The van der Waals surface area contributed by atoms with E-state index in [-0.39, 0.29) is 22.4 Å². The topological polar surface area (TPSA) is 122 Å². The Morgan fingerprint density at radius 3 is 2.19 bits per heavy atom. The number of benzene rings is 2. The fourth-order valence-electron chi connectivity index (χ4n) is 2.57. The Kier molecular flexibility index (Phi) is 8.41. The van der Waals surface area contributed by atoms with Gasteiger partial charge in [0.25, 0.3) is 5.91 Å². The molecule has 0 saturated heterocycles. The second-order valence-corrected chi connectivity index (χ2v) is 11.4. The molecule has 0 aliphatic rings. The number of aryl methyl sites for hydroxylation is 1. The second kappa shape index (κ2) is 10.4. The molecule has 9 nitrogen and oxygen atoms in total. The summed E-state index contributed by atoms with van der Waals surface area (Å²) < 4.78 is 58.3. The van der Waals surface area contributed by atoms with Crippen LogP contribution in [-0.4, -0.2) is 53.8 Å². The van der Waals surface area contributed by atoms with Crippen molar-refractivity contribution in [2.45, 2.75) is 43.0 Å². The number of nitrogens with one attached hydrogen (secondary N) is 2. The van der Waals surface area contributed by atoms with E-state index < -0.39 is 26.0 Å². The Hall–Kier alpha value is -2.47. The SMILES string of the molecule is CC[C@H](C)NS(=O)(=O)c1ccc(OCC(=O)Nc2cc(S(=O)(=O)N(C)C)ccc2C)cc1. The molecule has 2 rings (SSSR count). The quantitative estimate of drug-likeness (QED) is 0.535. The molecule has 11 heteroatoms. The maximum absolute atomic E-state index is 12.3. The van der Waals surface area contributed by atoms with Crippen LogP contribution in [0.4, 0.5) is 5.69 Å². The largest absolute Gasteiger partial charge is 0.484 e. The van der Waals surface area contributed by atoms with Crippen molar-refractivity contribution in [2.24, 2.45) is 0 Å². The molecule has 2 N–H and O–H groups in total. The van der Waals surface area contributed by atoms with Gasteiger partial charge in [-0.25, -0.2) is 25.9 Å². The summed E-state index contributed by atoms with van der Waals surface area (Å²) in [7, 11) is -4.40. The van der Waals surface area contributed by atoms with Gasteiger partial charge in [0.2, 0.25) is 20.0 Å². The smallest absolute Gasteiger partial charge is 0.262 e. The number of ether oxygens (including phenoxy) is 1. The minimum atomic E-state index is -3.64. The zero-order valence-electron chi connectivity index (χ0n) is 18.7. The van der Waals surface area contributed by atoms with E-state index in [1.807, 2.05) is 6.92 Å². The summed E-state index contributed by atoms with van der Waals surface area (Å²) in [6, 6.07) is 10.0. The van der Waals surface area contributed by atoms with Crippen LogP contribution < -0.4 is 14.8 Å². The van der Waals surface area contributed by atoms with Crippen molar-refractivity contribution in [3.8, 4) is 5.75 Å². The van der Waals surface area contributed by atoms with Crippen molar-refractivity contribution in [3.63, 3.8) is 0 Å². The predicted molar refractivity (Wildman–Crippen MR) is 123 cm³/mol. The van der Waals surface area contributed by atoms with Crippen LogP contribution in [-0.2, 0) is 24.8 Å². The third-order valence-electron chi connectivity index (χ3n) is 4.73. The standard InChI is InChI=1S/C21H29N3O6S2/c1-6-16(3)23-31(26,27)18-11-8-17(9-12-18)30-14-21(25)22-20-13-19(10-7-15(20)2)32(28,29)24(4)5/h7-13,16,23H,6,14H2,1-5H3,(H,22,25)/t16-/m0/s1. The molecule has 0 aliphatic carbocycles. The lowest BCUT2D eigenvalue weighted by atomic mass is 10.2. The van der Waals surface area contributed by atoms with Crippen LogP contribution in [0.15, 0.2) is 52.3 Å². The van der Waals surface area contributed by atoms with Crippen LogP contribution >= 0.6 is 0 Å². The Labute approximate surface area is 189 Å². The maximum atomic E-state index is 12.3. The third-order valence-corrected chi connectivity index (χ3v) is 8.15. The number of sulfonamides is 2. The van der Waals surface area contributed by atoms with E-state index in [9.17, 15) is 21.6 Å². The molecule has 32 heavy (non-hydrogen) atoms. The van der Waals surface area contributed by atoms with E-state index >= 15 is 0 Å². The number of carbonyl (C=O) groups is 1. The Morgan fingerprint density at radius 1 is 1.03 bits per heavy atom. The molecule has 1 atom stereocenters. The molecular weight excluding hydrogens is 454 g/mol. The van der Waals surface area contributed by atoms with Gasteiger partial charge in [-0.05, 0) is 62.2 Å². The summed E-state index contributed by atoms with van der Waals surface area (Å²) in [5.41, 5.74) is 1.05. The van der Waals surface area contributed by atoms with Gasteiger partial charge in [-0.1, -0.05) is 13.0 Å². The first-order valence-electron chi connectivity index (χ1n) is 9.95. The number of hydrogen-bond acceptors (Lipinski definition) is 6. The second-order valence-electron chi connectivity index (χ2n) is 7.50. The summed E-state index contributed by atoms with van der Waals surface area (Å²) in [6.07, 6.45) is 0.666. The molecule has 0 heterocycles. The minimum absolute atomic E-state index is 0.0621. The average Bonchev–Trinajstić information content (AvgIpc) is 2.73. The van der Waals surface area contributed by atoms with Crippen LogP contribution in [0.3, 0.4) is 0 Å². The Morgan fingerprint density at radius 2 is 1.62 bits per heavy atom. The molecule has 1 amide bonds. The van der Waals surface area contributed by atoms with Gasteiger partial charge < -0.3 is 10.1 Å². The highest BCUT2D eigenvalue weighted by molar-refractivity contribution is 7.89. The molecule has 0 spiro atoms. The molecule has 0 bridgehead atoms. The predicted octanol–water partition coefficient (Wildman–Crippen LogP) is 2.34. The van der Waals surface area contributed by atoms with Crippen molar-refractivity contribution < 1.29 is 26.4 Å². The third kappa shape index (κ3) is 6.52. The number of rotatable bonds is 10. The van der Waals surface area contributed by atoms with Crippen molar-refractivity contribution in [1.82, 2.24) is 9.03 Å². The molecule has 2 aromatic carbocycles. The average molecular weight is 484 g/mol. The minimum Gasteiger partial charge on any atom is -0.484 e. The monoisotopic (exact) mass is 483 g/mol. The van der Waals surface area contributed by atoms with E-state index in [4.69, 9.17) is 4.74 Å². The molecule has 0 radical (unpaired) electrons. The van der Waals surface area contributed by atoms with Crippen molar-refractivity contribution in [2.75, 3.05) is 26.0 Å². The number of anilines is 1. The highest BCUT2D eigenvalue weighted by Crippen LogP contribution is 2.22. The van der Waals surface area contributed by atoms with Gasteiger partial charge in [0.05, 0.1) is 9.79 Å². The summed E-state index contributed by atoms with van der Waals surface area (Å²) in [5.74, 6) is -0.161. The lowest BCUT2D eigenvalue weighted by Crippen LogP contribution is -2.31. The van der Waals surface area contributed by atoms with Crippen molar-refractivity contribution >= 4 is 31.6 Å². The summed E-state index contributed by atoms with van der Waals surface area (Å²) in [6.45, 7) is 5.07. The normalized spacial score (nSPS) is 13.1. The fourth-order valence-corrected chi connectivity index (χ4v) is 4.83. The summed E-state index contributed by atoms with van der Waals surface area (Å²) in [4.78, 5) is 12.5. The van der Waals surface area contributed by atoms with Gasteiger partial charge in [-0.3, -0.25) is 4.79 Å². The molecule has 0 aliphatic heterocycles. The lowest BCUT2D eigenvalue weighted by Gasteiger charge is -2.15. The van der Waals surface area contributed by atoms with Gasteiger partial charge in [0.1, 0.15) is 5.75 Å². The first kappa shape index (κ1) is 25.8. The van der Waals surface area contributed by atoms with Gasteiger partial charge in [0, 0.05) is 25.8 Å². The molecule has 0 saturated carbocycles. The van der Waals surface area contributed by atoms with Crippen LogP contribution in [0, 0.1) is 6.92 Å². The fraction of sp³-hybridized carbons (Fsp3) is 0.381. The highest BCUT2D eigenvalue weighted by atomic mass is 32.2. The van der Waals surface area contributed by atoms with Crippen molar-refractivity contribution in [1.29, 1.82) is 0 Å². The van der Waals surface area contributed by atoms with Gasteiger partial charge in [-0.2, -0.15) is 0 Å². The molecular formula is C21H29N3O6S2. The Balaban J connectivity index is 2.03. The molecule has 176 valence electrons. The molecule has 2 aromatic rings.